The number of hydrogen-bond acceptors (Lipinski definition) is 2. The van der Waals surface area contributed by atoms with Crippen LogP contribution in [0.25, 0.3) is 0 Å². The fourth-order valence-electron chi connectivity index (χ4n) is 1.13. The van der Waals surface area contributed by atoms with Gasteiger partial charge < -0.3 is 9.47 Å². The number of rotatable bonds is 8. The molecule has 0 radical (unpaired) electrons. The first-order valence-corrected chi connectivity index (χ1v) is 5.23. The molecule has 0 N–H and O–H groups in total. The molecule has 1 unspecified atom stereocenters. The van der Waals surface area contributed by atoms with E-state index in [0.29, 0.717) is 12.5 Å². The molecule has 0 aliphatic carbocycles. The summed E-state index contributed by atoms with van der Waals surface area (Å²) in [4.78, 5) is 0. The summed E-state index contributed by atoms with van der Waals surface area (Å²) in [7, 11) is 1.70. The Balaban J connectivity index is 3.15. The normalized spacial score (nSPS) is 13.6. The van der Waals surface area contributed by atoms with E-state index in [-0.39, 0.29) is 0 Å². The van der Waals surface area contributed by atoms with Crippen LogP contribution < -0.4 is 0 Å². The van der Waals surface area contributed by atoms with Crippen LogP contribution in [-0.4, -0.2) is 26.9 Å². The molecule has 1 atom stereocenters. The molecule has 80 valence electrons. The molecule has 0 aromatic heterocycles. The van der Waals surface area contributed by atoms with Gasteiger partial charge in [-0.25, -0.2) is 0 Å². The van der Waals surface area contributed by atoms with Gasteiger partial charge in [-0.2, -0.15) is 0 Å². The van der Waals surface area contributed by atoms with Crippen molar-refractivity contribution in [1.82, 2.24) is 0 Å². The van der Waals surface area contributed by atoms with Crippen molar-refractivity contribution in [3.05, 3.63) is 0 Å². The quantitative estimate of drug-likeness (QED) is 0.545. The molecule has 0 saturated heterocycles. The average Bonchev–Trinajstić information content (AvgIpc) is 2.09. The van der Waals surface area contributed by atoms with E-state index >= 15 is 0 Å². The molecule has 0 fully saturated rings. The summed E-state index contributed by atoms with van der Waals surface area (Å²) < 4.78 is 10.3. The molecule has 2 nitrogen and oxygen atoms in total. The molecule has 0 bridgehead atoms. The number of hydrogen-bond donors (Lipinski definition) is 0. The summed E-state index contributed by atoms with van der Waals surface area (Å²) in [5.41, 5.74) is 0. The minimum Gasteiger partial charge on any atom is -0.382 e. The summed E-state index contributed by atoms with van der Waals surface area (Å²) in [5.74, 6) is 1.49. The predicted molar refractivity (Wildman–Crippen MR) is 55.9 cm³/mol. The number of methoxy groups -OCH3 is 1. The van der Waals surface area contributed by atoms with Crippen molar-refractivity contribution in [3.8, 4) is 0 Å². The Hall–Kier alpha value is -0.0800. The van der Waals surface area contributed by atoms with Crippen molar-refractivity contribution >= 4 is 0 Å². The third kappa shape index (κ3) is 9.84. The number of ether oxygens (including phenoxy) is 2. The monoisotopic (exact) mass is 188 g/mol. The molecule has 0 aliphatic rings. The molecule has 13 heavy (non-hydrogen) atoms. The zero-order valence-electron chi connectivity index (χ0n) is 9.51. The highest BCUT2D eigenvalue weighted by atomic mass is 16.5. The molecule has 0 aliphatic heterocycles. The molecule has 0 rings (SSSR count). The van der Waals surface area contributed by atoms with Crippen LogP contribution in [0.15, 0.2) is 0 Å². The molecule has 0 amide bonds. The highest BCUT2D eigenvalue weighted by Gasteiger charge is 2.03. The third-order valence-corrected chi connectivity index (χ3v) is 2.07. The van der Waals surface area contributed by atoms with Gasteiger partial charge in [0.1, 0.15) is 0 Å². The van der Waals surface area contributed by atoms with Crippen molar-refractivity contribution in [2.45, 2.75) is 33.6 Å². The van der Waals surface area contributed by atoms with Crippen LogP contribution in [0.5, 0.6) is 0 Å². The average molecular weight is 188 g/mol. The molecule has 0 saturated carbocycles. The van der Waals surface area contributed by atoms with Crippen LogP contribution in [0.2, 0.25) is 0 Å². The molecule has 0 heterocycles. The van der Waals surface area contributed by atoms with Gasteiger partial charge in [0.25, 0.3) is 0 Å². The lowest BCUT2D eigenvalue weighted by atomic mass is 10.0. The lowest BCUT2D eigenvalue weighted by Crippen LogP contribution is -2.10. The largest absolute Gasteiger partial charge is 0.382 e. The van der Waals surface area contributed by atoms with Gasteiger partial charge in [0.15, 0.2) is 0 Å². The van der Waals surface area contributed by atoms with Crippen molar-refractivity contribution < 1.29 is 9.47 Å². The SMILES string of the molecule is COCCOCC(C)CCC(C)C. The lowest BCUT2D eigenvalue weighted by molar-refractivity contribution is 0.0520. The van der Waals surface area contributed by atoms with Crippen LogP contribution in [0.1, 0.15) is 33.6 Å². The Morgan fingerprint density at radius 2 is 1.69 bits per heavy atom. The molecular formula is C11H24O2. The summed E-state index contributed by atoms with van der Waals surface area (Å²) in [6.45, 7) is 9.07. The van der Waals surface area contributed by atoms with E-state index < -0.39 is 0 Å². The second-order valence-electron chi connectivity index (χ2n) is 4.14. The molecule has 0 aromatic carbocycles. The van der Waals surface area contributed by atoms with E-state index in [1.807, 2.05) is 0 Å². The Morgan fingerprint density at radius 3 is 2.23 bits per heavy atom. The van der Waals surface area contributed by atoms with Crippen molar-refractivity contribution in [3.63, 3.8) is 0 Å². The van der Waals surface area contributed by atoms with Gasteiger partial charge in [-0.05, 0) is 18.3 Å². The van der Waals surface area contributed by atoms with Gasteiger partial charge in [0.05, 0.1) is 13.2 Å². The lowest BCUT2D eigenvalue weighted by Gasteiger charge is -2.12. The van der Waals surface area contributed by atoms with E-state index in [4.69, 9.17) is 9.47 Å². The maximum atomic E-state index is 5.44. The minimum atomic E-state index is 0.680. The predicted octanol–water partition coefficient (Wildman–Crippen LogP) is 2.72. The van der Waals surface area contributed by atoms with Gasteiger partial charge in [0, 0.05) is 13.7 Å². The Kier molecular flexibility index (Phi) is 8.46. The molecule has 0 aromatic rings. The van der Waals surface area contributed by atoms with Crippen molar-refractivity contribution in [2.75, 3.05) is 26.9 Å². The second-order valence-corrected chi connectivity index (χ2v) is 4.14. The Morgan fingerprint density at radius 1 is 1.00 bits per heavy atom. The van der Waals surface area contributed by atoms with Crippen LogP contribution in [0, 0.1) is 11.8 Å². The van der Waals surface area contributed by atoms with Gasteiger partial charge in [-0.1, -0.05) is 27.2 Å². The van der Waals surface area contributed by atoms with E-state index in [1.165, 1.54) is 12.8 Å². The van der Waals surface area contributed by atoms with Gasteiger partial charge >= 0.3 is 0 Å². The van der Waals surface area contributed by atoms with Crippen molar-refractivity contribution in [2.24, 2.45) is 11.8 Å². The maximum Gasteiger partial charge on any atom is 0.0700 e. The summed E-state index contributed by atoms with van der Waals surface area (Å²) in [6, 6.07) is 0. The first-order valence-electron chi connectivity index (χ1n) is 5.23. The fraction of sp³-hybridized carbons (Fsp3) is 1.00. The second kappa shape index (κ2) is 8.52. The summed E-state index contributed by atoms with van der Waals surface area (Å²) in [6.07, 6.45) is 2.57. The van der Waals surface area contributed by atoms with E-state index in [0.717, 1.165) is 19.1 Å². The maximum absolute atomic E-state index is 5.44. The standard InChI is InChI=1S/C11H24O2/c1-10(2)5-6-11(3)9-13-8-7-12-4/h10-11H,5-9H2,1-4H3. The first kappa shape index (κ1) is 12.9. The molecule has 2 heteroatoms. The first-order chi connectivity index (χ1) is 6.16. The van der Waals surface area contributed by atoms with Crippen LogP contribution in [0.4, 0.5) is 0 Å². The summed E-state index contributed by atoms with van der Waals surface area (Å²) >= 11 is 0. The van der Waals surface area contributed by atoms with E-state index in [9.17, 15) is 0 Å². The van der Waals surface area contributed by atoms with Gasteiger partial charge in [-0.15, -0.1) is 0 Å². The zero-order valence-corrected chi connectivity index (χ0v) is 9.51. The van der Waals surface area contributed by atoms with Crippen molar-refractivity contribution in [1.29, 1.82) is 0 Å². The van der Waals surface area contributed by atoms with Gasteiger partial charge in [-0.3, -0.25) is 0 Å². The van der Waals surface area contributed by atoms with Crippen LogP contribution in [-0.2, 0) is 9.47 Å². The Labute approximate surface area is 82.6 Å². The van der Waals surface area contributed by atoms with Crippen LogP contribution in [0.3, 0.4) is 0 Å². The zero-order chi connectivity index (χ0) is 10.1. The molecular weight excluding hydrogens is 164 g/mol. The third-order valence-electron chi connectivity index (χ3n) is 2.07. The van der Waals surface area contributed by atoms with E-state index in [2.05, 4.69) is 20.8 Å². The smallest absolute Gasteiger partial charge is 0.0700 e. The van der Waals surface area contributed by atoms with Crippen LogP contribution >= 0.6 is 0 Å². The van der Waals surface area contributed by atoms with E-state index in [1.54, 1.807) is 7.11 Å². The fourth-order valence-corrected chi connectivity index (χ4v) is 1.13. The highest BCUT2D eigenvalue weighted by molar-refractivity contribution is 4.54. The minimum absolute atomic E-state index is 0.680. The summed E-state index contributed by atoms with van der Waals surface area (Å²) in [5, 5.41) is 0. The Bertz CT molecular complexity index is 102. The highest BCUT2D eigenvalue weighted by Crippen LogP contribution is 2.11. The molecule has 0 spiro atoms. The topological polar surface area (TPSA) is 18.5 Å². The van der Waals surface area contributed by atoms with Gasteiger partial charge in [0.2, 0.25) is 0 Å².